The van der Waals surface area contributed by atoms with Gasteiger partial charge in [0.2, 0.25) is 0 Å². The first-order valence-corrected chi connectivity index (χ1v) is 2.63. The summed E-state index contributed by atoms with van der Waals surface area (Å²) in [6.45, 7) is 1.99. The molecule has 0 radical (unpaired) electrons. The maximum Gasteiger partial charge on any atom is 0.0893 e. The van der Waals surface area contributed by atoms with Crippen LogP contribution in [0.5, 0.6) is 0 Å². The van der Waals surface area contributed by atoms with Gasteiger partial charge in [0.25, 0.3) is 0 Å². The van der Waals surface area contributed by atoms with Gasteiger partial charge in [0.15, 0.2) is 0 Å². The highest BCUT2D eigenvalue weighted by Gasteiger charge is 1.76. The van der Waals surface area contributed by atoms with E-state index in [2.05, 4.69) is 4.98 Å². The highest BCUT2D eigenvalue weighted by Crippen LogP contribution is 1.98. The highest BCUT2D eigenvalue weighted by atomic mass is 32.1. The Labute approximate surface area is 55.4 Å². The fourth-order valence-electron chi connectivity index (χ4n) is 0.295. The van der Waals surface area contributed by atoms with Crippen molar-refractivity contribution in [3.63, 3.8) is 0 Å². The molecule has 1 nitrogen and oxygen atoms in total. The standard InChI is InChI=1S/C4H5NS.2CH4/c1-4-5-2-3-6-4;;/h2-3H,1H3;2*1H4. The molecule has 1 aromatic rings. The average molecular weight is 131 g/mol. The Morgan fingerprint density at radius 1 is 1.50 bits per heavy atom. The molecule has 0 bridgehead atoms. The van der Waals surface area contributed by atoms with Crippen molar-refractivity contribution in [1.82, 2.24) is 4.98 Å². The van der Waals surface area contributed by atoms with Gasteiger partial charge >= 0.3 is 0 Å². The van der Waals surface area contributed by atoms with Crippen molar-refractivity contribution >= 4 is 11.3 Å². The molecule has 2 heteroatoms. The summed E-state index contributed by atoms with van der Waals surface area (Å²) in [6.07, 6.45) is 1.81. The van der Waals surface area contributed by atoms with Gasteiger partial charge in [-0.1, -0.05) is 14.9 Å². The van der Waals surface area contributed by atoms with Crippen molar-refractivity contribution in [3.8, 4) is 0 Å². The van der Waals surface area contributed by atoms with Gasteiger partial charge in [-0.3, -0.25) is 4.98 Å². The summed E-state index contributed by atoms with van der Waals surface area (Å²) in [4.78, 5) is 3.94. The fraction of sp³-hybridized carbons (Fsp3) is 0.500. The van der Waals surface area contributed by atoms with E-state index in [1.807, 2.05) is 12.3 Å². The maximum absolute atomic E-state index is 3.94. The lowest BCUT2D eigenvalue weighted by molar-refractivity contribution is 1.30. The topological polar surface area (TPSA) is 12.9 Å². The van der Waals surface area contributed by atoms with E-state index in [9.17, 15) is 0 Å². The van der Waals surface area contributed by atoms with Gasteiger partial charge in [-0.2, -0.15) is 0 Å². The van der Waals surface area contributed by atoms with E-state index < -0.39 is 0 Å². The van der Waals surface area contributed by atoms with Crippen LogP contribution in [-0.2, 0) is 0 Å². The van der Waals surface area contributed by atoms with Gasteiger partial charge in [0.05, 0.1) is 5.01 Å². The Morgan fingerprint density at radius 3 is 2.25 bits per heavy atom. The van der Waals surface area contributed by atoms with Crippen LogP contribution in [0.1, 0.15) is 19.9 Å². The maximum atomic E-state index is 3.94. The van der Waals surface area contributed by atoms with E-state index in [4.69, 9.17) is 0 Å². The first kappa shape index (κ1) is 10.6. The summed E-state index contributed by atoms with van der Waals surface area (Å²) < 4.78 is 0. The van der Waals surface area contributed by atoms with Crippen molar-refractivity contribution in [2.24, 2.45) is 0 Å². The monoisotopic (exact) mass is 131 g/mol. The Bertz CT molecular complexity index is 112. The van der Waals surface area contributed by atoms with Crippen LogP contribution in [0.15, 0.2) is 11.6 Å². The number of rotatable bonds is 0. The SMILES string of the molecule is C.C.Cc1nccs1. The van der Waals surface area contributed by atoms with Gasteiger partial charge in [-0.25, -0.2) is 0 Å². The Balaban J connectivity index is 0. The molecule has 48 valence electrons. The molecule has 1 heterocycles. The molecule has 0 saturated carbocycles. The molecule has 0 aromatic carbocycles. The number of thiazole rings is 1. The molecule has 0 spiro atoms. The van der Waals surface area contributed by atoms with E-state index in [1.54, 1.807) is 17.5 Å². The average Bonchev–Trinajstić information content (AvgIpc) is 1.86. The van der Waals surface area contributed by atoms with Gasteiger partial charge in [-0.05, 0) is 6.92 Å². The second kappa shape index (κ2) is 4.78. The Kier molecular flexibility index (Phi) is 6.32. The van der Waals surface area contributed by atoms with Gasteiger partial charge in [-0.15, -0.1) is 11.3 Å². The smallest absolute Gasteiger partial charge is 0.0893 e. The molecule has 0 fully saturated rings. The van der Waals surface area contributed by atoms with Gasteiger partial charge < -0.3 is 0 Å². The molecule has 1 aromatic heterocycles. The van der Waals surface area contributed by atoms with Crippen LogP contribution in [0.25, 0.3) is 0 Å². The van der Waals surface area contributed by atoms with Crippen molar-refractivity contribution in [3.05, 3.63) is 16.6 Å². The van der Waals surface area contributed by atoms with Gasteiger partial charge in [0, 0.05) is 11.6 Å². The lowest BCUT2D eigenvalue weighted by atomic mass is 10.8. The summed E-state index contributed by atoms with van der Waals surface area (Å²) in [5.41, 5.74) is 0. The van der Waals surface area contributed by atoms with E-state index in [0.717, 1.165) is 5.01 Å². The molecule has 0 unspecified atom stereocenters. The molecule has 1 rings (SSSR count). The second-order valence-corrected chi connectivity index (χ2v) is 2.15. The summed E-state index contributed by atoms with van der Waals surface area (Å²) >= 11 is 1.67. The Hall–Kier alpha value is -0.370. The molecule has 0 aliphatic rings. The van der Waals surface area contributed by atoms with Crippen LogP contribution in [0.2, 0.25) is 0 Å². The quantitative estimate of drug-likeness (QED) is 0.527. The van der Waals surface area contributed by atoms with Crippen LogP contribution in [0, 0.1) is 6.92 Å². The molecule has 0 amide bonds. The summed E-state index contributed by atoms with van der Waals surface area (Å²) in [5.74, 6) is 0. The van der Waals surface area contributed by atoms with Crippen LogP contribution in [-0.4, -0.2) is 4.98 Å². The van der Waals surface area contributed by atoms with Crippen molar-refractivity contribution in [2.45, 2.75) is 21.8 Å². The van der Waals surface area contributed by atoms with E-state index >= 15 is 0 Å². The molecular weight excluding hydrogens is 118 g/mol. The third-order valence-corrected chi connectivity index (χ3v) is 1.26. The predicted molar refractivity (Wildman–Crippen MR) is 40.3 cm³/mol. The van der Waals surface area contributed by atoms with E-state index in [-0.39, 0.29) is 14.9 Å². The van der Waals surface area contributed by atoms with Crippen LogP contribution < -0.4 is 0 Å². The number of hydrogen-bond acceptors (Lipinski definition) is 2. The Morgan fingerprint density at radius 2 is 2.12 bits per heavy atom. The minimum absolute atomic E-state index is 0. The number of nitrogens with zero attached hydrogens (tertiary/aromatic N) is 1. The first-order valence-electron chi connectivity index (χ1n) is 1.75. The number of aromatic nitrogens is 1. The zero-order valence-corrected chi connectivity index (χ0v) is 4.33. The molecule has 0 saturated heterocycles. The molecule has 8 heavy (non-hydrogen) atoms. The molecule has 0 atom stereocenters. The zero-order valence-electron chi connectivity index (χ0n) is 3.51. The minimum atomic E-state index is 0. The highest BCUT2D eigenvalue weighted by molar-refractivity contribution is 7.09. The van der Waals surface area contributed by atoms with Crippen molar-refractivity contribution in [2.75, 3.05) is 0 Å². The first-order chi connectivity index (χ1) is 2.89. The molecular formula is C6H13NS. The van der Waals surface area contributed by atoms with Crippen LogP contribution in [0.4, 0.5) is 0 Å². The number of aryl methyl sites for hydroxylation is 1. The van der Waals surface area contributed by atoms with Crippen LogP contribution in [0.3, 0.4) is 0 Å². The third-order valence-electron chi connectivity index (χ3n) is 0.556. The molecule has 0 aliphatic carbocycles. The lowest BCUT2D eigenvalue weighted by Gasteiger charge is -1.65. The molecule has 0 N–H and O–H groups in total. The normalized spacial score (nSPS) is 6.62. The minimum Gasteiger partial charge on any atom is -0.250 e. The van der Waals surface area contributed by atoms with Crippen LogP contribution >= 0.6 is 11.3 Å². The van der Waals surface area contributed by atoms with E-state index in [0.29, 0.717) is 0 Å². The van der Waals surface area contributed by atoms with Crippen molar-refractivity contribution in [1.29, 1.82) is 0 Å². The van der Waals surface area contributed by atoms with E-state index in [1.165, 1.54) is 0 Å². The largest absolute Gasteiger partial charge is 0.250 e. The summed E-state index contributed by atoms with van der Waals surface area (Å²) in [7, 11) is 0. The lowest BCUT2D eigenvalue weighted by Crippen LogP contribution is -1.56. The fourth-order valence-corrected chi connectivity index (χ4v) is 0.735. The second-order valence-electron chi connectivity index (χ2n) is 1.05. The molecule has 0 aliphatic heterocycles. The van der Waals surface area contributed by atoms with Crippen molar-refractivity contribution < 1.29 is 0 Å². The summed E-state index contributed by atoms with van der Waals surface area (Å²) in [5, 5.41) is 3.10. The number of hydrogen-bond donors (Lipinski definition) is 0. The predicted octanol–water partition coefficient (Wildman–Crippen LogP) is 2.72. The summed E-state index contributed by atoms with van der Waals surface area (Å²) in [6, 6.07) is 0. The third kappa shape index (κ3) is 2.75. The van der Waals surface area contributed by atoms with Gasteiger partial charge in [0.1, 0.15) is 0 Å². The zero-order chi connectivity index (χ0) is 4.41.